The predicted octanol–water partition coefficient (Wildman–Crippen LogP) is 5.64. The molecule has 0 bridgehead atoms. The third kappa shape index (κ3) is 3.00. The zero-order valence-electron chi connectivity index (χ0n) is 10.8. The molecule has 0 unspecified atom stereocenters. The average molecular weight is 360 g/mol. The third-order valence-corrected chi connectivity index (χ3v) is 4.53. The lowest BCUT2D eigenvalue weighted by Gasteiger charge is -2.18. The van der Waals surface area contributed by atoms with Crippen LogP contribution < -0.4 is 0 Å². The minimum atomic E-state index is 0.430. The van der Waals surface area contributed by atoms with Crippen molar-refractivity contribution >= 4 is 52.2 Å². The van der Waals surface area contributed by atoms with Crippen molar-refractivity contribution in [3.63, 3.8) is 0 Å². The summed E-state index contributed by atoms with van der Waals surface area (Å²) in [6, 6.07) is 8.95. The van der Waals surface area contributed by atoms with Crippen molar-refractivity contribution in [3.8, 4) is 0 Å². The molecule has 108 valence electrons. The summed E-state index contributed by atoms with van der Waals surface area (Å²) in [5.74, 6) is 0.430. The van der Waals surface area contributed by atoms with Gasteiger partial charge in [0.25, 0.3) is 0 Å². The lowest BCUT2D eigenvalue weighted by Crippen LogP contribution is -2.23. The van der Waals surface area contributed by atoms with Gasteiger partial charge in [-0.1, -0.05) is 46.4 Å². The maximum atomic E-state index is 8.27. The molecule has 1 aliphatic heterocycles. The zero-order valence-corrected chi connectivity index (χ0v) is 13.8. The molecule has 2 aromatic rings. The molecular formula is C15H10Cl4N2. The summed E-state index contributed by atoms with van der Waals surface area (Å²) in [5, 5.41) is 10.4. The smallest absolute Gasteiger partial charge is 0.129 e. The Labute approximate surface area is 142 Å². The molecule has 3 rings (SSSR count). The molecule has 0 radical (unpaired) electrons. The summed E-state index contributed by atoms with van der Waals surface area (Å²) in [6.07, 6.45) is 0. The third-order valence-electron chi connectivity index (χ3n) is 3.37. The second kappa shape index (κ2) is 5.69. The van der Waals surface area contributed by atoms with E-state index in [1.807, 2.05) is 23.1 Å². The standard InChI is InChI=1S/C15H10Cl4N2/c16-10-1-8(2-11(17)4-10)6-21-7-9-3-13(18)14(19)5-12(9)15(21)20/h1-5,20H,6-7H2. The van der Waals surface area contributed by atoms with E-state index in [-0.39, 0.29) is 0 Å². The fraction of sp³-hybridized carbons (Fsp3) is 0.133. The quantitative estimate of drug-likeness (QED) is 0.737. The molecule has 0 aliphatic carbocycles. The van der Waals surface area contributed by atoms with Crippen LogP contribution in [0.4, 0.5) is 0 Å². The lowest BCUT2D eigenvalue weighted by molar-refractivity contribution is 0.422. The van der Waals surface area contributed by atoms with Gasteiger partial charge in [-0.3, -0.25) is 5.41 Å². The minimum Gasteiger partial charge on any atom is -0.348 e. The van der Waals surface area contributed by atoms with E-state index in [4.69, 9.17) is 51.8 Å². The molecule has 1 N–H and O–H groups in total. The van der Waals surface area contributed by atoms with Gasteiger partial charge in [0.2, 0.25) is 0 Å². The van der Waals surface area contributed by atoms with Gasteiger partial charge in [-0.15, -0.1) is 0 Å². The van der Waals surface area contributed by atoms with E-state index in [0.29, 0.717) is 39.0 Å². The second-order valence-electron chi connectivity index (χ2n) is 4.91. The number of rotatable bonds is 2. The van der Waals surface area contributed by atoms with Gasteiger partial charge in [0.1, 0.15) is 5.84 Å². The van der Waals surface area contributed by atoms with Gasteiger partial charge in [-0.05, 0) is 41.5 Å². The van der Waals surface area contributed by atoms with Gasteiger partial charge in [0, 0.05) is 28.7 Å². The molecule has 0 saturated heterocycles. The first-order valence-electron chi connectivity index (χ1n) is 6.21. The van der Waals surface area contributed by atoms with Crippen molar-refractivity contribution in [1.29, 1.82) is 5.41 Å². The fourth-order valence-electron chi connectivity index (χ4n) is 2.45. The number of halogens is 4. The summed E-state index contributed by atoms with van der Waals surface area (Å²) < 4.78 is 0. The summed E-state index contributed by atoms with van der Waals surface area (Å²) in [6.45, 7) is 1.18. The largest absolute Gasteiger partial charge is 0.348 e. The first kappa shape index (κ1) is 15.0. The molecule has 0 fully saturated rings. The van der Waals surface area contributed by atoms with Crippen LogP contribution in [-0.4, -0.2) is 10.7 Å². The molecule has 1 aliphatic rings. The van der Waals surface area contributed by atoms with Crippen LogP contribution in [0.5, 0.6) is 0 Å². The summed E-state index contributed by atoms with van der Waals surface area (Å²) >= 11 is 24.1. The van der Waals surface area contributed by atoms with Crippen molar-refractivity contribution in [2.24, 2.45) is 0 Å². The van der Waals surface area contributed by atoms with E-state index >= 15 is 0 Å². The molecule has 6 heteroatoms. The molecular weight excluding hydrogens is 350 g/mol. The highest BCUT2D eigenvalue weighted by Gasteiger charge is 2.25. The van der Waals surface area contributed by atoms with Crippen LogP contribution in [0.15, 0.2) is 30.3 Å². The van der Waals surface area contributed by atoms with Crippen LogP contribution in [0, 0.1) is 5.41 Å². The molecule has 1 heterocycles. The number of fused-ring (bicyclic) bond motifs is 1. The van der Waals surface area contributed by atoms with E-state index in [0.717, 1.165) is 16.7 Å². The van der Waals surface area contributed by atoms with Gasteiger partial charge in [-0.2, -0.15) is 0 Å². The Morgan fingerprint density at radius 2 is 1.52 bits per heavy atom. The van der Waals surface area contributed by atoms with E-state index < -0.39 is 0 Å². The Morgan fingerprint density at radius 3 is 2.19 bits per heavy atom. The Morgan fingerprint density at radius 1 is 0.905 bits per heavy atom. The average Bonchev–Trinajstić information content (AvgIpc) is 2.66. The first-order valence-corrected chi connectivity index (χ1v) is 7.72. The number of nitrogens with zero attached hydrogens (tertiary/aromatic N) is 1. The van der Waals surface area contributed by atoms with Gasteiger partial charge < -0.3 is 4.90 Å². The highest BCUT2D eigenvalue weighted by atomic mass is 35.5. The Balaban J connectivity index is 1.88. The maximum Gasteiger partial charge on any atom is 0.129 e. The van der Waals surface area contributed by atoms with Crippen LogP contribution in [0.1, 0.15) is 16.7 Å². The molecule has 21 heavy (non-hydrogen) atoms. The van der Waals surface area contributed by atoms with Crippen LogP contribution in [0.2, 0.25) is 20.1 Å². The topological polar surface area (TPSA) is 27.1 Å². The van der Waals surface area contributed by atoms with Gasteiger partial charge in [0.15, 0.2) is 0 Å². The van der Waals surface area contributed by atoms with Gasteiger partial charge in [-0.25, -0.2) is 0 Å². The van der Waals surface area contributed by atoms with Crippen LogP contribution >= 0.6 is 46.4 Å². The second-order valence-corrected chi connectivity index (χ2v) is 6.59. The van der Waals surface area contributed by atoms with Gasteiger partial charge >= 0.3 is 0 Å². The normalized spacial score (nSPS) is 13.7. The summed E-state index contributed by atoms with van der Waals surface area (Å²) in [5.41, 5.74) is 2.78. The van der Waals surface area contributed by atoms with E-state index in [2.05, 4.69) is 0 Å². The molecule has 2 nitrogen and oxygen atoms in total. The highest BCUT2D eigenvalue weighted by molar-refractivity contribution is 6.42. The Bertz CT molecular complexity index is 722. The van der Waals surface area contributed by atoms with E-state index in [1.54, 1.807) is 12.1 Å². The molecule has 0 amide bonds. The molecule has 0 aromatic heterocycles. The Hall–Kier alpha value is -0.930. The van der Waals surface area contributed by atoms with Crippen molar-refractivity contribution in [3.05, 3.63) is 67.1 Å². The number of nitrogens with one attached hydrogen (secondary N) is 1. The number of benzene rings is 2. The van der Waals surface area contributed by atoms with Gasteiger partial charge in [0.05, 0.1) is 10.0 Å². The van der Waals surface area contributed by atoms with Crippen LogP contribution in [0.3, 0.4) is 0 Å². The first-order chi connectivity index (χ1) is 9.94. The van der Waals surface area contributed by atoms with Crippen molar-refractivity contribution in [2.75, 3.05) is 0 Å². The SMILES string of the molecule is N=C1c2cc(Cl)c(Cl)cc2CN1Cc1cc(Cl)cc(Cl)c1. The molecule has 0 saturated carbocycles. The minimum absolute atomic E-state index is 0.430. The summed E-state index contributed by atoms with van der Waals surface area (Å²) in [7, 11) is 0. The fourth-order valence-corrected chi connectivity index (χ4v) is 3.37. The highest BCUT2D eigenvalue weighted by Crippen LogP contribution is 2.32. The lowest BCUT2D eigenvalue weighted by atomic mass is 10.1. The number of hydrogen-bond donors (Lipinski definition) is 1. The van der Waals surface area contributed by atoms with Crippen LogP contribution in [0.25, 0.3) is 0 Å². The van der Waals surface area contributed by atoms with E-state index in [9.17, 15) is 0 Å². The van der Waals surface area contributed by atoms with Crippen molar-refractivity contribution in [2.45, 2.75) is 13.1 Å². The molecule has 2 aromatic carbocycles. The zero-order chi connectivity index (χ0) is 15.1. The van der Waals surface area contributed by atoms with Crippen LogP contribution in [-0.2, 0) is 13.1 Å². The number of amidine groups is 1. The molecule has 0 atom stereocenters. The Kier molecular flexibility index (Phi) is 4.06. The number of hydrogen-bond acceptors (Lipinski definition) is 1. The van der Waals surface area contributed by atoms with E-state index in [1.165, 1.54) is 0 Å². The predicted molar refractivity (Wildman–Crippen MR) is 89.0 cm³/mol. The monoisotopic (exact) mass is 358 g/mol. The summed E-state index contributed by atoms with van der Waals surface area (Å²) in [4.78, 5) is 1.93. The molecule has 0 spiro atoms. The van der Waals surface area contributed by atoms with Crippen molar-refractivity contribution in [1.82, 2.24) is 4.90 Å². The van der Waals surface area contributed by atoms with Crippen molar-refractivity contribution < 1.29 is 0 Å². The maximum absolute atomic E-state index is 8.27.